The molecule has 1 aromatic carbocycles. The van der Waals surface area contributed by atoms with Gasteiger partial charge in [0.1, 0.15) is 0 Å². The van der Waals surface area contributed by atoms with Crippen LogP contribution in [0.1, 0.15) is 57.1 Å². The average Bonchev–Trinajstić information content (AvgIpc) is 3.20. The highest BCUT2D eigenvalue weighted by molar-refractivity contribution is 5.56. The highest BCUT2D eigenvalue weighted by atomic mass is 15.2. The van der Waals surface area contributed by atoms with E-state index in [1.54, 1.807) is 0 Å². The quantitative estimate of drug-likeness (QED) is 0.871. The summed E-state index contributed by atoms with van der Waals surface area (Å²) < 4.78 is 0. The van der Waals surface area contributed by atoms with E-state index < -0.39 is 0 Å². The Morgan fingerprint density at radius 2 is 2.00 bits per heavy atom. The number of aryl methyl sites for hydroxylation is 1. The molecule has 1 aliphatic carbocycles. The van der Waals surface area contributed by atoms with Gasteiger partial charge in [-0.1, -0.05) is 19.1 Å². The van der Waals surface area contributed by atoms with Crippen molar-refractivity contribution in [2.45, 2.75) is 77.5 Å². The average molecular weight is 272 g/mol. The third-order valence-electron chi connectivity index (χ3n) is 4.97. The van der Waals surface area contributed by atoms with Gasteiger partial charge in [0.15, 0.2) is 0 Å². The number of hydrogen-bond donors (Lipinski definition) is 1. The fraction of sp³-hybridized carbons (Fsp3) is 0.667. The molecule has 1 aliphatic heterocycles. The molecule has 20 heavy (non-hydrogen) atoms. The van der Waals surface area contributed by atoms with E-state index in [1.807, 2.05) is 0 Å². The standard InChI is InChI=1S/C18H28N2/c1-4-17-9-5-14(3)20(17)18-10-6-15(11-13(18)2)12-19-16-7-8-16/h6,10-11,14,16-17,19H,4-5,7-9,12H2,1-3H3. The van der Waals surface area contributed by atoms with Gasteiger partial charge in [-0.15, -0.1) is 0 Å². The maximum atomic E-state index is 3.60. The van der Waals surface area contributed by atoms with Crippen LogP contribution < -0.4 is 10.2 Å². The second kappa shape index (κ2) is 5.77. The maximum absolute atomic E-state index is 3.60. The highest BCUT2D eigenvalue weighted by Crippen LogP contribution is 2.34. The molecule has 110 valence electrons. The first-order valence-electron chi connectivity index (χ1n) is 8.30. The molecule has 0 radical (unpaired) electrons. The van der Waals surface area contributed by atoms with Gasteiger partial charge in [0, 0.05) is 30.4 Å². The molecule has 2 fully saturated rings. The minimum Gasteiger partial charge on any atom is -0.366 e. The number of nitrogens with zero attached hydrogens (tertiary/aromatic N) is 1. The van der Waals surface area contributed by atoms with Crippen molar-refractivity contribution in [2.24, 2.45) is 0 Å². The van der Waals surface area contributed by atoms with Gasteiger partial charge in [0.25, 0.3) is 0 Å². The lowest BCUT2D eigenvalue weighted by atomic mass is 10.1. The van der Waals surface area contributed by atoms with Crippen LogP contribution in [0.2, 0.25) is 0 Å². The lowest BCUT2D eigenvalue weighted by Gasteiger charge is -2.32. The van der Waals surface area contributed by atoms with Crippen LogP contribution in [-0.2, 0) is 6.54 Å². The maximum Gasteiger partial charge on any atom is 0.0401 e. The van der Waals surface area contributed by atoms with Crippen molar-refractivity contribution >= 4 is 5.69 Å². The Balaban J connectivity index is 1.75. The summed E-state index contributed by atoms with van der Waals surface area (Å²) >= 11 is 0. The number of benzene rings is 1. The lowest BCUT2D eigenvalue weighted by Crippen LogP contribution is -2.34. The van der Waals surface area contributed by atoms with E-state index >= 15 is 0 Å². The molecule has 1 saturated heterocycles. The van der Waals surface area contributed by atoms with Crippen LogP contribution in [0.4, 0.5) is 5.69 Å². The summed E-state index contributed by atoms with van der Waals surface area (Å²) in [5, 5.41) is 3.60. The predicted molar refractivity (Wildman–Crippen MR) is 86.3 cm³/mol. The van der Waals surface area contributed by atoms with Gasteiger partial charge in [-0.25, -0.2) is 0 Å². The SMILES string of the molecule is CCC1CCC(C)N1c1ccc(CNC2CC2)cc1C. The van der Waals surface area contributed by atoms with Crippen LogP contribution in [0.15, 0.2) is 18.2 Å². The third-order valence-corrected chi connectivity index (χ3v) is 4.97. The van der Waals surface area contributed by atoms with Crippen molar-refractivity contribution in [3.05, 3.63) is 29.3 Å². The number of nitrogens with one attached hydrogen (secondary N) is 1. The number of rotatable bonds is 5. The Morgan fingerprint density at radius 3 is 2.65 bits per heavy atom. The molecule has 2 nitrogen and oxygen atoms in total. The van der Waals surface area contributed by atoms with E-state index in [0.29, 0.717) is 6.04 Å². The van der Waals surface area contributed by atoms with E-state index in [2.05, 4.69) is 49.2 Å². The van der Waals surface area contributed by atoms with Gasteiger partial charge in [0.05, 0.1) is 0 Å². The second-order valence-electron chi connectivity index (χ2n) is 6.67. The zero-order chi connectivity index (χ0) is 14.1. The molecule has 1 N–H and O–H groups in total. The molecule has 1 heterocycles. The summed E-state index contributed by atoms with van der Waals surface area (Å²) in [5.74, 6) is 0. The molecular formula is C18H28N2. The first-order chi connectivity index (χ1) is 9.69. The van der Waals surface area contributed by atoms with Crippen molar-refractivity contribution in [1.82, 2.24) is 5.32 Å². The van der Waals surface area contributed by atoms with Crippen molar-refractivity contribution in [1.29, 1.82) is 0 Å². The summed E-state index contributed by atoms with van der Waals surface area (Å²) in [4.78, 5) is 2.66. The number of hydrogen-bond acceptors (Lipinski definition) is 2. The molecule has 0 amide bonds. The van der Waals surface area contributed by atoms with Crippen molar-refractivity contribution in [3.8, 4) is 0 Å². The largest absolute Gasteiger partial charge is 0.366 e. The predicted octanol–water partition coefficient (Wildman–Crippen LogP) is 4.01. The molecule has 2 heteroatoms. The summed E-state index contributed by atoms with van der Waals surface area (Å²) in [5.41, 5.74) is 4.32. The Labute approximate surface area is 123 Å². The van der Waals surface area contributed by atoms with Crippen molar-refractivity contribution < 1.29 is 0 Å². The molecule has 1 aromatic rings. The van der Waals surface area contributed by atoms with Gasteiger partial charge >= 0.3 is 0 Å². The normalized spacial score (nSPS) is 26.2. The summed E-state index contributed by atoms with van der Waals surface area (Å²) in [6, 6.07) is 9.26. The van der Waals surface area contributed by atoms with Gasteiger partial charge in [-0.05, 0) is 63.1 Å². The van der Waals surface area contributed by atoms with E-state index in [-0.39, 0.29) is 0 Å². The third kappa shape index (κ3) is 2.85. The molecule has 2 aliphatic rings. The van der Waals surface area contributed by atoms with E-state index in [4.69, 9.17) is 0 Å². The topological polar surface area (TPSA) is 15.3 Å². The molecule has 1 saturated carbocycles. The molecule has 0 spiro atoms. The fourth-order valence-corrected chi connectivity index (χ4v) is 3.57. The van der Waals surface area contributed by atoms with Gasteiger partial charge < -0.3 is 10.2 Å². The van der Waals surface area contributed by atoms with Crippen molar-refractivity contribution in [2.75, 3.05) is 4.90 Å². The van der Waals surface area contributed by atoms with Crippen LogP contribution in [0.25, 0.3) is 0 Å². The van der Waals surface area contributed by atoms with Crippen LogP contribution >= 0.6 is 0 Å². The van der Waals surface area contributed by atoms with E-state index in [1.165, 1.54) is 48.9 Å². The molecule has 2 atom stereocenters. The van der Waals surface area contributed by atoms with Gasteiger partial charge in [-0.3, -0.25) is 0 Å². The number of anilines is 1. The van der Waals surface area contributed by atoms with E-state index in [9.17, 15) is 0 Å². The highest BCUT2D eigenvalue weighted by Gasteiger charge is 2.30. The zero-order valence-electron chi connectivity index (χ0n) is 13.2. The van der Waals surface area contributed by atoms with Crippen LogP contribution in [0.3, 0.4) is 0 Å². The fourth-order valence-electron chi connectivity index (χ4n) is 3.57. The molecule has 0 aromatic heterocycles. The Morgan fingerprint density at radius 1 is 1.20 bits per heavy atom. The zero-order valence-corrected chi connectivity index (χ0v) is 13.2. The summed E-state index contributed by atoms with van der Waals surface area (Å²) in [7, 11) is 0. The molecular weight excluding hydrogens is 244 g/mol. The minimum atomic E-state index is 0.689. The van der Waals surface area contributed by atoms with Gasteiger partial charge in [0.2, 0.25) is 0 Å². The Bertz CT molecular complexity index is 464. The van der Waals surface area contributed by atoms with Crippen LogP contribution in [0, 0.1) is 6.92 Å². The summed E-state index contributed by atoms with van der Waals surface area (Å²) in [6.07, 6.45) is 6.67. The first kappa shape index (κ1) is 13.9. The van der Waals surface area contributed by atoms with Crippen molar-refractivity contribution in [3.63, 3.8) is 0 Å². The Hall–Kier alpha value is -1.02. The molecule has 2 unspecified atom stereocenters. The molecule has 0 bridgehead atoms. The minimum absolute atomic E-state index is 0.689. The monoisotopic (exact) mass is 272 g/mol. The molecule has 3 rings (SSSR count). The second-order valence-corrected chi connectivity index (χ2v) is 6.67. The first-order valence-corrected chi connectivity index (χ1v) is 8.30. The lowest BCUT2D eigenvalue weighted by molar-refractivity contribution is 0.626. The summed E-state index contributed by atoms with van der Waals surface area (Å²) in [6.45, 7) is 7.99. The van der Waals surface area contributed by atoms with E-state index in [0.717, 1.165) is 18.6 Å². The van der Waals surface area contributed by atoms with Crippen LogP contribution in [0.5, 0.6) is 0 Å². The smallest absolute Gasteiger partial charge is 0.0401 e. The Kier molecular flexibility index (Phi) is 4.02. The van der Waals surface area contributed by atoms with Gasteiger partial charge in [-0.2, -0.15) is 0 Å². The van der Waals surface area contributed by atoms with Crippen LogP contribution in [-0.4, -0.2) is 18.1 Å².